The first kappa shape index (κ1) is 10.6. The van der Waals surface area contributed by atoms with E-state index in [1.54, 1.807) is 6.21 Å². The Bertz CT molecular complexity index is 265. The molecule has 0 aliphatic carbocycles. The summed E-state index contributed by atoms with van der Waals surface area (Å²) in [5.41, 5.74) is 7.64. The lowest BCUT2D eigenvalue weighted by Crippen LogP contribution is -2.35. The zero-order valence-electron chi connectivity index (χ0n) is 7.64. The Hall–Kier alpha value is -1.43. The molecule has 1 aliphatic heterocycles. The summed E-state index contributed by atoms with van der Waals surface area (Å²) in [7, 11) is 0. The number of hydrogen-bond acceptors (Lipinski definition) is 4. The molecule has 1 rings (SSSR count). The first-order valence-electron chi connectivity index (χ1n) is 4.41. The molecule has 2 atom stereocenters. The minimum absolute atomic E-state index is 0.162. The molecule has 78 valence electrons. The van der Waals surface area contributed by atoms with Gasteiger partial charge in [0.15, 0.2) is 0 Å². The van der Waals surface area contributed by atoms with E-state index >= 15 is 0 Å². The Morgan fingerprint density at radius 3 is 3.14 bits per heavy atom. The Morgan fingerprint density at radius 1 is 1.86 bits per heavy atom. The molecule has 0 spiro atoms. The number of carboxylic acid groups (broad SMARTS) is 1. The van der Waals surface area contributed by atoms with Crippen molar-refractivity contribution >= 4 is 18.1 Å². The number of nitrogens with two attached hydrogens (primary N) is 1. The highest BCUT2D eigenvalue weighted by atomic mass is 16.4. The smallest absolute Gasteiger partial charge is 0.320 e. The Morgan fingerprint density at radius 2 is 2.57 bits per heavy atom. The van der Waals surface area contributed by atoms with Gasteiger partial charge in [-0.3, -0.25) is 9.59 Å². The molecule has 1 aliphatic rings. The van der Waals surface area contributed by atoms with Crippen LogP contribution in [-0.4, -0.2) is 29.2 Å². The maximum atomic E-state index is 11.2. The zero-order chi connectivity index (χ0) is 10.6. The average molecular weight is 199 g/mol. The number of hydrazone groups is 1. The molecule has 0 aromatic rings. The molecule has 0 saturated heterocycles. The molecule has 6 nitrogen and oxygen atoms in total. The third kappa shape index (κ3) is 2.81. The van der Waals surface area contributed by atoms with Gasteiger partial charge in [0.05, 0.1) is 0 Å². The third-order valence-corrected chi connectivity index (χ3v) is 2.17. The maximum absolute atomic E-state index is 11.2. The topological polar surface area (TPSA) is 105 Å². The number of nitrogens with one attached hydrogen (secondary N) is 1. The number of amides is 1. The summed E-state index contributed by atoms with van der Waals surface area (Å²) in [6.45, 7) is 0. The molecule has 0 aromatic heterocycles. The van der Waals surface area contributed by atoms with Crippen molar-refractivity contribution in [2.75, 3.05) is 0 Å². The van der Waals surface area contributed by atoms with Crippen LogP contribution >= 0.6 is 0 Å². The lowest BCUT2D eigenvalue weighted by atomic mass is 9.96. The standard InChI is InChI=1S/C8H13N3O3/c9-6(8(13)14)2-1-5-3-4-10-11-7(5)12/h4-6H,1-3,9H2,(H,11,12)(H,13,14)/t5?,6-/m0/s1. The summed E-state index contributed by atoms with van der Waals surface area (Å²) < 4.78 is 0. The number of hydrogen-bond donors (Lipinski definition) is 3. The molecule has 1 heterocycles. The fourth-order valence-corrected chi connectivity index (χ4v) is 1.24. The maximum Gasteiger partial charge on any atom is 0.320 e. The summed E-state index contributed by atoms with van der Waals surface area (Å²) in [6.07, 6.45) is 2.95. The molecule has 1 amide bonds. The van der Waals surface area contributed by atoms with Crippen molar-refractivity contribution in [3.05, 3.63) is 0 Å². The van der Waals surface area contributed by atoms with Crippen LogP contribution in [0.5, 0.6) is 0 Å². The molecule has 0 radical (unpaired) electrons. The van der Waals surface area contributed by atoms with Crippen LogP contribution in [0.4, 0.5) is 0 Å². The van der Waals surface area contributed by atoms with Crippen LogP contribution in [0.3, 0.4) is 0 Å². The van der Waals surface area contributed by atoms with Crippen molar-refractivity contribution in [2.45, 2.75) is 25.3 Å². The average Bonchev–Trinajstić information content (AvgIpc) is 2.16. The third-order valence-electron chi connectivity index (χ3n) is 2.17. The van der Waals surface area contributed by atoms with Gasteiger partial charge in [0.25, 0.3) is 0 Å². The lowest BCUT2D eigenvalue weighted by Gasteiger charge is -2.17. The highest BCUT2D eigenvalue weighted by Crippen LogP contribution is 2.13. The molecule has 14 heavy (non-hydrogen) atoms. The predicted molar refractivity (Wildman–Crippen MR) is 49.6 cm³/mol. The highest BCUT2D eigenvalue weighted by molar-refractivity contribution is 5.84. The normalized spacial score (nSPS) is 22.9. The highest BCUT2D eigenvalue weighted by Gasteiger charge is 2.22. The van der Waals surface area contributed by atoms with Crippen LogP contribution in [0.1, 0.15) is 19.3 Å². The number of nitrogens with zero attached hydrogens (tertiary/aromatic N) is 1. The van der Waals surface area contributed by atoms with E-state index in [1.165, 1.54) is 0 Å². The van der Waals surface area contributed by atoms with Gasteiger partial charge in [-0.2, -0.15) is 5.10 Å². The number of carbonyl (C=O) groups excluding carboxylic acids is 1. The van der Waals surface area contributed by atoms with Gasteiger partial charge < -0.3 is 10.8 Å². The summed E-state index contributed by atoms with van der Waals surface area (Å²) in [4.78, 5) is 21.6. The minimum Gasteiger partial charge on any atom is -0.480 e. The number of aliphatic carboxylic acids is 1. The molecule has 0 saturated carbocycles. The van der Waals surface area contributed by atoms with E-state index in [-0.39, 0.29) is 11.8 Å². The summed E-state index contributed by atoms with van der Waals surface area (Å²) >= 11 is 0. The van der Waals surface area contributed by atoms with Crippen LogP contribution in [0.15, 0.2) is 5.10 Å². The van der Waals surface area contributed by atoms with Crippen molar-refractivity contribution in [3.8, 4) is 0 Å². The predicted octanol–water partition coefficient (Wildman–Crippen LogP) is -0.700. The molecule has 1 unspecified atom stereocenters. The van der Waals surface area contributed by atoms with Crippen LogP contribution in [0.25, 0.3) is 0 Å². The minimum atomic E-state index is -1.03. The van der Waals surface area contributed by atoms with Crippen LogP contribution < -0.4 is 11.2 Å². The second-order valence-corrected chi connectivity index (χ2v) is 3.24. The van der Waals surface area contributed by atoms with Crippen molar-refractivity contribution in [3.63, 3.8) is 0 Å². The van der Waals surface area contributed by atoms with Gasteiger partial charge in [0.2, 0.25) is 5.91 Å². The van der Waals surface area contributed by atoms with Crippen LogP contribution in [0.2, 0.25) is 0 Å². The number of carboxylic acids is 1. The molecule has 0 fully saturated rings. The fourth-order valence-electron chi connectivity index (χ4n) is 1.24. The Kier molecular flexibility index (Phi) is 3.58. The SMILES string of the molecule is N[C@@H](CCC1CC=NNC1=O)C(=O)O. The monoisotopic (exact) mass is 199 g/mol. The second-order valence-electron chi connectivity index (χ2n) is 3.24. The summed E-state index contributed by atoms with van der Waals surface area (Å²) in [6, 6.07) is -0.887. The van der Waals surface area contributed by atoms with Gasteiger partial charge >= 0.3 is 5.97 Å². The van der Waals surface area contributed by atoms with Gasteiger partial charge in [-0.1, -0.05) is 0 Å². The molecule has 6 heteroatoms. The molecular weight excluding hydrogens is 186 g/mol. The summed E-state index contributed by atoms with van der Waals surface area (Å²) in [5.74, 6) is -1.39. The van der Waals surface area contributed by atoms with E-state index < -0.39 is 12.0 Å². The molecule has 0 aromatic carbocycles. The lowest BCUT2D eigenvalue weighted by molar-refractivity contribution is -0.139. The first-order chi connectivity index (χ1) is 6.61. The van der Waals surface area contributed by atoms with Crippen LogP contribution in [-0.2, 0) is 9.59 Å². The van der Waals surface area contributed by atoms with Crippen molar-refractivity contribution < 1.29 is 14.7 Å². The van der Waals surface area contributed by atoms with Crippen LogP contribution in [0, 0.1) is 5.92 Å². The van der Waals surface area contributed by atoms with Gasteiger partial charge in [0.1, 0.15) is 6.04 Å². The van der Waals surface area contributed by atoms with Gasteiger partial charge in [-0.25, -0.2) is 5.43 Å². The number of rotatable bonds is 4. The zero-order valence-corrected chi connectivity index (χ0v) is 7.64. The van der Waals surface area contributed by atoms with E-state index in [0.29, 0.717) is 19.3 Å². The van der Waals surface area contributed by atoms with Gasteiger partial charge in [-0.05, 0) is 19.3 Å². The van der Waals surface area contributed by atoms with E-state index in [1.807, 2.05) is 0 Å². The molecule has 4 N–H and O–H groups in total. The number of carbonyl (C=O) groups is 2. The van der Waals surface area contributed by atoms with Crippen molar-refractivity contribution in [1.82, 2.24) is 5.43 Å². The van der Waals surface area contributed by atoms with Crippen molar-refractivity contribution in [2.24, 2.45) is 16.8 Å². The first-order valence-corrected chi connectivity index (χ1v) is 4.41. The van der Waals surface area contributed by atoms with Gasteiger partial charge in [-0.15, -0.1) is 0 Å². The van der Waals surface area contributed by atoms with E-state index in [0.717, 1.165) is 0 Å². The molecular formula is C8H13N3O3. The largest absolute Gasteiger partial charge is 0.480 e. The second kappa shape index (κ2) is 4.71. The van der Waals surface area contributed by atoms with E-state index in [9.17, 15) is 9.59 Å². The quantitative estimate of drug-likeness (QED) is 0.556. The summed E-state index contributed by atoms with van der Waals surface area (Å²) in [5, 5.41) is 12.1. The Balaban J connectivity index is 2.34. The van der Waals surface area contributed by atoms with E-state index in [4.69, 9.17) is 10.8 Å². The van der Waals surface area contributed by atoms with Gasteiger partial charge in [0, 0.05) is 12.1 Å². The Labute approximate surface area is 81.2 Å². The van der Waals surface area contributed by atoms with Crippen molar-refractivity contribution in [1.29, 1.82) is 0 Å². The van der Waals surface area contributed by atoms with E-state index in [2.05, 4.69) is 10.5 Å². The molecule has 0 bridgehead atoms. The fraction of sp³-hybridized carbons (Fsp3) is 0.625.